The number of benzene rings is 1. The Labute approximate surface area is 137 Å². The fraction of sp³-hybridized carbons (Fsp3) is 0.625. The van der Waals surface area contributed by atoms with Crippen LogP contribution in [0.1, 0.15) is 44.7 Å². The zero-order chi connectivity index (χ0) is 16.3. The summed E-state index contributed by atoms with van der Waals surface area (Å²) in [6.07, 6.45) is 4.54. The molecular formula is C16H24FNO2S2. The average Bonchev–Trinajstić information content (AvgIpc) is 2.85. The lowest BCUT2D eigenvalue weighted by Gasteiger charge is -2.20. The molecule has 3 nitrogen and oxygen atoms in total. The molecule has 0 aliphatic heterocycles. The number of thioether (sulfide) groups is 1. The van der Waals surface area contributed by atoms with E-state index in [4.69, 9.17) is 0 Å². The molecule has 0 saturated heterocycles. The average molecular weight is 346 g/mol. The van der Waals surface area contributed by atoms with Gasteiger partial charge in [0.15, 0.2) is 9.84 Å². The summed E-state index contributed by atoms with van der Waals surface area (Å²) in [6, 6.07) is 4.86. The summed E-state index contributed by atoms with van der Waals surface area (Å²) in [5.74, 6) is 0.477. The quantitative estimate of drug-likeness (QED) is 0.856. The van der Waals surface area contributed by atoms with Crippen LogP contribution in [-0.2, 0) is 9.84 Å². The third-order valence-corrected chi connectivity index (χ3v) is 6.49. The molecule has 1 aliphatic rings. The van der Waals surface area contributed by atoms with Gasteiger partial charge in [-0.05, 0) is 49.6 Å². The highest BCUT2D eigenvalue weighted by molar-refractivity contribution is 7.99. The highest BCUT2D eigenvalue weighted by Gasteiger charge is 2.26. The smallest absolute Gasteiger partial charge is 0.178 e. The molecule has 0 spiro atoms. The SMILES string of the molecule is CCS[C@@H]1CC[C@@H](N[C@H](C)c2ccc(S(C)(=O)=O)c(F)c2)C1. The van der Waals surface area contributed by atoms with Crippen molar-refractivity contribution in [3.63, 3.8) is 0 Å². The van der Waals surface area contributed by atoms with Crippen molar-refractivity contribution in [1.29, 1.82) is 0 Å². The van der Waals surface area contributed by atoms with Crippen molar-refractivity contribution < 1.29 is 12.8 Å². The Morgan fingerprint density at radius 3 is 2.73 bits per heavy atom. The number of sulfone groups is 1. The molecule has 22 heavy (non-hydrogen) atoms. The molecule has 0 radical (unpaired) electrons. The van der Waals surface area contributed by atoms with E-state index in [1.165, 1.54) is 18.6 Å². The minimum atomic E-state index is -3.51. The molecule has 1 aromatic rings. The van der Waals surface area contributed by atoms with Crippen LogP contribution in [0.3, 0.4) is 0 Å². The maximum absolute atomic E-state index is 14.0. The van der Waals surface area contributed by atoms with Crippen LogP contribution in [0.2, 0.25) is 0 Å². The summed E-state index contributed by atoms with van der Waals surface area (Å²) in [4.78, 5) is -0.233. The van der Waals surface area contributed by atoms with Gasteiger partial charge in [-0.25, -0.2) is 12.8 Å². The van der Waals surface area contributed by atoms with Gasteiger partial charge in [-0.15, -0.1) is 0 Å². The Hall–Kier alpha value is -0.590. The van der Waals surface area contributed by atoms with E-state index in [0.29, 0.717) is 6.04 Å². The van der Waals surface area contributed by atoms with E-state index in [0.717, 1.165) is 35.7 Å². The van der Waals surface area contributed by atoms with E-state index in [1.807, 2.05) is 18.7 Å². The zero-order valence-electron chi connectivity index (χ0n) is 13.3. The molecule has 0 aromatic heterocycles. The van der Waals surface area contributed by atoms with Crippen molar-refractivity contribution in [1.82, 2.24) is 5.32 Å². The predicted molar refractivity (Wildman–Crippen MR) is 90.6 cm³/mol. The summed E-state index contributed by atoms with van der Waals surface area (Å²) < 4.78 is 36.9. The van der Waals surface area contributed by atoms with Gasteiger partial charge in [0.2, 0.25) is 0 Å². The lowest BCUT2D eigenvalue weighted by Crippen LogP contribution is -2.29. The minimum absolute atomic E-state index is 0.0125. The third kappa shape index (κ3) is 4.46. The van der Waals surface area contributed by atoms with E-state index in [2.05, 4.69) is 12.2 Å². The van der Waals surface area contributed by atoms with Crippen LogP contribution < -0.4 is 5.32 Å². The van der Waals surface area contributed by atoms with Crippen molar-refractivity contribution in [3.8, 4) is 0 Å². The molecule has 1 saturated carbocycles. The minimum Gasteiger partial charge on any atom is -0.307 e. The molecule has 0 unspecified atom stereocenters. The first kappa shape index (κ1) is 17.8. The van der Waals surface area contributed by atoms with Gasteiger partial charge in [-0.3, -0.25) is 0 Å². The van der Waals surface area contributed by atoms with Gasteiger partial charge >= 0.3 is 0 Å². The molecule has 1 aliphatic carbocycles. The molecule has 6 heteroatoms. The van der Waals surface area contributed by atoms with Crippen LogP contribution in [0, 0.1) is 5.82 Å². The van der Waals surface area contributed by atoms with Crippen molar-refractivity contribution >= 4 is 21.6 Å². The van der Waals surface area contributed by atoms with Crippen molar-refractivity contribution in [3.05, 3.63) is 29.6 Å². The number of nitrogens with one attached hydrogen (secondary N) is 1. The topological polar surface area (TPSA) is 46.2 Å². The molecule has 1 fully saturated rings. The summed E-state index contributed by atoms with van der Waals surface area (Å²) >= 11 is 2.01. The summed E-state index contributed by atoms with van der Waals surface area (Å²) in [5, 5.41) is 4.26. The molecule has 0 bridgehead atoms. The normalized spacial score (nSPS) is 23.6. The Kier molecular flexibility index (Phi) is 5.91. The molecule has 0 heterocycles. The lowest BCUT2D eigenvalue weighted by atomic mass is 10.1. The number of hydrogen-bond donors (Lipinski definition) is 1. The van der Waals surface area contributed by atoms with Crippen molar-refractivity contribution in [2.24, 2.45) is 0 Å². The maximum atomic E-state index is 14.0. The molecule has 124 valence electrons. The first-order chi connectivity index (χ1) is 10.3. The predicted octanol–water partition coefficient (Wildman–Crippen LogP) is 3.55. The standard InChI is InChI=1S/C16H24FNO2S2/c1-4-21-14-7-6-13(10-14)18-11(2)12-5-8-16(15(17)9-12)22(3,19)20/h5,8-9,11,13-14,18H,4,6-7,10H2,1-3H3/t11-,13-,14-/m1/s1. The first-order valence-corrected chi connectivity index (χ1v) is 10.6. The van der Waals surface area contributed by atoms with E-state index in [9.17, 15) is 12.8 Å². The van der Waals surface area contributed by atoms with Gasteiger partial charge in [0, 0.05) is 23.6 Å². The Morgan fingerprint density at radius 1 is 1.41 bits per heavy atom. The second kappa shape index (κ2) is 7.32. The van der Waals surface area contributed by atoms with Gasteiger partial charge in [-0.2, -0.15) is 11.8 Å². The maximum Gasteiger partial charge on any atom is 0.178 e. The largest absolute Gasteiger partial charge is 0.307 e. The van der Waals surface area contributed by atoms with E-state index < -0.39 is 15.7 Å². The number of rotatable bonds is 6. The van der Waals surface area contributed by atoms with Crippen LogP contribution >= 0.6 is 11.8 Å². The molecular weight excluding hydrogens is 321 g/mol. The summed E-state index contributed by atoms with van der Waals surface area (Å²) in [5.41, 5.74) is 0.788. The van der Waals surface area contributed by atoms with Crippen LogP contribution in [0.5, 0.6) is 0 Å². The first-order valence-electron chi connectivity index (χ1n) is 7.68. The monoisotopic (exact) mass is 345 g/mol. The van der Waals surface area contributed by atoms with Crippen molar-refractivity contribution in [2.45, 2.75) is 55.3 Å². The fourth-order valence-corrected chi connectivity index (χ4v) is 4.89. The van der Waals surface area contributed by atoms with Gasteiger partial charge in [0.25, 0.3) is 0 Å². The molecule has 2 rings (SSSR count). The van der Waals surface area contributed by atoms with Gasteiger partial charge in [-0.1, -0.05) is 13.0 Å². The van der Waals surface area contributed by atoms with E-state index in [-0.39, 0.29) is 10.9 Å². The van der Waals surface area contributed by atoms with E-state index in [1.54, 1.807) is 6.07 Å². The third-order valence-electron chi connectivity index (χ3n) is 4.13. The molecule has 0 amide bonds. The Balaban J connectivity index is 2.02. The molecule has 1 N–H and O–H groups in total. The summed E-state index contributed by atoms with van der Waals surface area (Å²) in [6.45, 7) is 4.18. The van der Waals surface area contributed by atoms with Crippen LogP contribution in [-0.4, -0.2) is 31.7 Å². The number of halogens is 1. The highest BCUT2D eigenvalue weighted by atomic mass is 32.2. The Morgan fingerprint density at radius 2 is 2.14 bits per heavy atom. The second-order valence-electron chi connectivity index (χ2n) is 5.94. The van der Waals surface area contributed by atoms with E-state index >= 15 is 0 Å². The zero-order valence-corrected chi connectivity index (χ0v) is 14.9. The summed E-state index contributed by atoms with van der Waals surface area (Å²) in [7, 11) is -3.51. The van der Waals surface area contributed by atoms with Crippen molar-refractivity contribution in [2.75, 3.05) is 12.0 Å². The Bertz CT molecular complexity index is 619. The van der Waals surface area contributed by atoms with Gasteiger partial charge < -0.3 is 5.32 Å². The van der Waals surface area contributed by atoms with Gasteiger partial charge in [0.05, 0.1) is 0 Å². The van der Waals surface area contributed by atoms with Crippen LogP contribution in [0.4, 0.5) is 4.39 Å². The van der Waals surface area contributed by atoms with Crippen LogP contribution in [0.15, 0.2) is 23.1 Å². The highest BCUT2D eigenvalue weighted by Crippen LogP contribution is 2.31. The molecule has 1 aromatic carbocycles. The molecule has 3 atom stereocenters. The number of hydrogen-bond acceptors (Lipinski definition) is 4. The fourth-order valence-electron chi connectivity index (χ4n) is 3.02. The van der Waals surface area contributed by atoms with Crippen LogP contribution in [0.25, 0.3) is 0 Å². The second-order valence-corrected chi connectivity index (χ2v) is 9.50. The van der Waals surface area contributed by atoms with Gasteiger partial charge in [0.1, 0.15) is 10.7 Å². The lowest BCUT2D eigenvalue weighted by molar-refractivity contribution is 0.459.